The van der Waals surface area contributed by atoms with Crippen LogP contribution in [0.2, 0.25) is 0 Å². The van der Waals surface area contributed by atoms with Crippen molar-refractivity contribution in [3.05, 3.63) is 48.6 Å². The summed E-state index contributed by atoms with van der Waals surface area (Å²) in [5.74, 6) is 0. The van der Waals surface area contributed by atoms with Gasteiger partial charge in [-0.2, -0.15) is 12.8 Å². The van der Waals surface area contributed by atoms with E-state index in [-0.39, 0.29) is 19.5 Å². The van der Waals surface area contributed by atoms with Crippen molar-refractivity contribution in [2.75, 3.05) is 0 Å². The molecular weight excluding hydrogens is 382 g/mol. The zero-order chi connectivity index (χ0) is 15.8. The van der Waals surface area contributed by atoms with Gasteiger partial charge in [0.2, 0.25) is 0 Å². The van der Waals surface area contributed by atoms with Crippen LogP contribution in [0.15, 0.2) is 36.5 Å². The fraction of sp³-hybridized carbons (Fsp3) is 0.500. The molecule has 0 radical (unpaired) electrons. The number of hydrogen-bond acceptors (Lipinski definition) is 0. The standard InChI is InChI=1S/2C8H11.BF4.Rh/c2*1-2-4-6-8-7-5-3-1;2-1(3,4)5;/h2*1-2,7H,3-6H2;;/q3*-1;+3/b2-1-;;;. The minimum Gasteiger partial charge on any atom is -0.500 e. The summed E-state index contributed by atoms with van der Waals surface area (Å²) in [4.78, 5) is 0. The predicted octanol–water partition coefficient (Wildman–Crippen LogP) is 6.25. The molecule has 2 aliphatic rings. The summed E-state index contributed by atoms with van der Waals surface area (Å²) in [6, 6.07) is 0. The van der Waals surface area contributed by atoms with Gasteiger partial charge in [0.15, 0.2) is 0 Å². The quantitative estimate of drug-likeness (QED) is 0.194. The largest absolute Gasteiger partial charge is 3.00 e. The molecule has 2 aliphatic carbocycles. The van der Waals surface area contributed by atoms with Crippen LogP contribution in [0.3, 0.4) is 0 Å². The first-order valence-electron chi connectivity index (χ1n) is 7.27. The Kier molecular flexibility index (Phi) is 18.0. The Morgan fingerprint density at radius 2 is 0.909 bits per heavy atom. The molecule has 0 aromatic carbocycles. The molecule has 0 fully saturated rings. The maximum absolute atomic E-state index is 9.75. The molecule has 0 bridgehead atoms. The summed E-state index contributed by atoms with van der Waals surface area (Å²) in [7, 11) is -6.00. The Morgan fingerprint density at radius 1 is 0.591 bits per heavy atom. The van der Waals surface area contributed by atoms with E-state index in [4.69, 9.17) is 0 Å². The summed E-state index contributed by atoms with van der Waals surface area (Å²) in [6.45, 7) is 0. The molecule has 0 atom stereocenters. The van der Waals surface area contributed by atoms with E-state index in [0.29, 0.717) is 0 Å². The molecule has 0 unspecified atom stereocenters. The van der Waals surface area contributed by atoms with E-state index < -0.39 is 7.25 Å². The summed E-state index contributed by atoms with van der Waals surface area (Å²) < 4.78 is 39.0. The van der Waals surface area contributed by atoms with Gasteiger partial charge in [-0.25, -0.2) is 0 Å². The van der Waals surface area contributed by atoms with E-state index in [2.05, 4.69) is 48.6 Å². The van der Waals surface area contributed by atoms with E-state index in [9.17, 15) is 17.3 Å². The Morgan fingerprint density at radius 3 is 1.27 bits per heavy atom. The van der Waals surface area contributed by atoms with Crippen LogP contribution in [0.1, 0.15) is 51.4 Å². The third-order valence-electron chi connectivity index (χ3n) is 2.49. The number of halogens is 4. The van der Waals surface area contributed by atoms with Crippen molar-refractivity contribution in [3.8, 4) is 0 Å². The van der Waals surface area contributed by atoms with E-state index >= 15 is 0 Å². The van der Waals surface area contributed by atoms with Crippen molar-refractivity contribution in [1.82, 2.24) is 0 Å². The third kappa shape index (κ3) is 27.7. The topological polar surface area (TPSA) is 0 Å². The van der Waals surface area contributed by atoms with Crippen LogP contribution in [0.4, 0.5) is 17.3 Å². The maximum atomic E-state index is 9.75. The summed E-state index contributed by atoms with van der Waals surface area (Å²) in [5, 5.41) is 0. The van der Waals surface area contributed by atoms with Crippen LogP contribution in [0, 0.1) is 12.2 Å². The molecule has 0 saturated carbocycles. The van der Waals surface area contributed by atoms with Crippen molar-refractivity contribution in [1.29, 1.82) is 0 Å². The smallest absolute Gasteiger partial charge is 0.500 e. The van der Waals surface area contributed by atoms with Crippen molar-refractivity contribution < 1.29 is 36.7 Å². The summed E-state index contributed by atoms with van der Waals surface area (Å²) in [5.41, 5.74) is 0. The SMILES string of the molecule is F[B-](F)(F)F.[C-]1=CCC/C=C\CC1.[C-]1=CCCC=CCC1.[Rh+3]. The van der Waals surface area contributed by atoms with Crippen LogP contribution in [-0.4, -0.2) is 7.25 Å². The van der Waals surface area contributed by atoms with Gasteiger partial charge in [0.1, 0.15) is 0 Å². The van der Waals surface area contributed by atoms with Gasteiger partial charge in [-0.3, -0.25) is 12.2 Å². The van der Waals surface area contributed by atoms with Gasteiger partial charge >= 0.3 is 26.7 Å². The van der Waals surface area contributed by atoms with E-state index in [1.807, 2.05) is 0 Å². The number of allylic oxidation sites excluding steroid dienone is 8. The molecule has 0 saturated heterocycles. The summed E-state index contributed by atoms with van der Waals surface area (Å²) in [6.07, 6.45) is 29.0. The molecule has 6 heteroatoms. The molecule has 0 N–H and O–H groups in total. The Labute approximate surface area is 144 Å². The third-order valence-corrected chi connectivity index (χ3v) is 2.49. The van der Waals surface area contributed by atoms with Crippen molar-refractivity contribution in [2.45, 2.75) is 51.4 Å². The van der Waals surface area contributed by atoms with Gasteiger partial charge in [-0.1, -0.05) is 50.0 Å². The Bertz CT molecular complexity index is 261. The molecule has 0 spiro atoms. The van der Waals surface area contributed by atoms with Crippen LogP contribution in [0.5, 0.6) is 0 Å². The molecule has 22 heavy (non-hydrogen) atoms. The zero-order valence-corrected chi connectivity index (χ0v) is 14.2. The first-order valence-corrected chi connectivity index (χ1v) is 7.27. The van der Waals surface area contributed by atoms with E-state index in [1.165, 1.54) is 38.5 Å². The van der Waals surface area contributed by atoms with Gasteiger partial charge in [0.05, 0.1) is 0 Å². The Balaban J connectivity index is 0. The molecule has 0 amide bonds. The van der Waals surface area contributed by atoms with Gasteiger partial charge in [-0.15, -0.1) is 0 Å². The fourth-order valence-corrected chi connectivity index (χ4v) is 1.57. The fourth-order valence-electron chi connectivity index (χ4n) is 1.57. The van der Waals surface area contributed by atoms with Gasteiger partial charge in [0, 0.05) is 0 Å². The van der Waals surface area contributed by atoms with Crippen LogP contribution >= 0.6 is 0 Å². The minimum atomic E-state index is -6.00. The maximum Gasteiger partial charge on any atom is 3.00 e. The molecular formula is C16H22BF4Rh. The van der Waals surface area contributed by atoms with Gasteiger partial charge < -0.3 is 29.4 Å². The van der Waals surface area contributed by atoms with Gasteiger partial charge in [0.25, 0.3) is 0 Å². The van der Waals surface area contributed by atoms with Crippen molar-refractivity contribution in [3.63, 3.8) is 0 Å². The van der Waals surface area contributed by atoms with E-state index in [1.54, 1.807) is 0 Å². The first-order chi connectivity index (χ1) is 10.0. The van der Waals surface area contributed by atoms with Crippen LogP contribution < -0.4 is 0 Å². The second-order valence-corrected chi connectivity index (χ2v) is 4.49. The average Bonchev–Trinajstić information content (AvgIpc) is 2.24. The first kappa shape index (κ1) is 23.6. The second kappa shape index (κ2) is 16.7. The van der Waals surface area contributed by atoms with E-state index in [0.717, 1.165) is 12.8 Å². The molecule has 0 heterocycles. The number of rotatable bonds is 0. The summed E-state index contributed by atoms with van der Waals surface area (Å²) >= 11 is 0. The Hall–Kier alpha value is -0.632. The molecule has 0 aromatic heterocycles. The monoisotopic (exact) mass is 404 g/mol. The zero-order valence-electron chi connectivity index (χ0n) is 12.5. The van der Waals surface area contributed by atoms with Crippen molar-refractivity contribution in [2.24, 2.45) is 0 Å². The molecule has 2 rings (SSSR count). The van der Waals surface area contributed by atoms with Crippen LogP contribution in [0.25, 0.3) is 0 Å². The normalized spacial score (nSPS) is 18.7. The van der Waals surface area contributed by atoms with Crippen molar-refractivity contribution >= 4 is 7.25 Å². The molecule has 0 aliphatic heterocycles. The molecule has 126 valence electrons. The molecule has 0 nitrogen and oxygen atoms in total. The second-order valence-electron chi connectivity index (χ2n) is 4.49. The van der Waals surface area contributed by atoms with Gasteiger partial charge in [-0.05, 0) is 12.8 Å². The predicted molar refractivity (Wildman–Crippen MR) is 81.0 cm³/mol. The van der Waals surface area contributed by atoms with Crippen LogP contribution in [-0.2, 0) is 19.5 Å². The minimum absolute atomic E-state index is 0. The average molecular weight is 404 g/mol. The molecule has 0 aromatic rings. The number of hydrogen-bond donors (Lipinski definition) is 0.